The van der Waals surface area contributed by atoms with E-state index in [2.05, 4.69) is 10.3 Å². The summed E-state index contributed by atoms with van der Waals surface area (Å²) in [5, 5.41) is 2.63. The zero-order chi connectivity index (χ0) is 26.2. The zero-order valence-corrected chi connectivity index (χ0v) is 20.5. The van der Waals surface area contributed by atoms with E-state index in [4.69, 9.17) is 5.73 Å². The number of carbonyl (C=O) groups excluding carboxylic acids is 2. The third-order valence-corrected chi connectivity index (χ3v) is 5.66. The van der Waals surface area contributed by atoms with Gasteiger partial charge in [0.2, 0.25) is 12.1 Å². The summed E-state index contributed by atoms with van der Waals surface area (Å²) in [7, 11) is 1.56. The molecule has 1 heterocycles. The molecule has 2 unspecified atom stereocenters. The topological polar surface area (TPSA) is 87.8 Å². The van der Waals surface area contributed by atoms with Crippen molar-refractivity contribution < 1.29 is 22.8 Å². The number of nitrogens with one attached hydrogen (secondary N) is 1. The van der Waals surface area contributed by atoms with Gasteiger partial charge in [-0.05, 0) is 26.3 Å². The van der Waals surface area contributed by atoms with Gasteiger partial charge in [0.25, 0.3) is 5.91 Å². The number of anilines is 1. The second kappa shape index (κ2) is 12.5. The molecule has 0 spiro atoms. The summed E-state index contributed by atoms with van der Waals surface area (Å²) in [6.45, 7) is 4.75. The molecule has 2 rings (SSSR count). The summed E-state index contributed by atoms with van der Waals surface area (Å²) in [6.07, 6.45) is 2.97. The van der Waals surface area contributed by atoms with Gasteiger partial charge in [0.05, 0.1) is 17.4 Å². The molecule has 0 saturated heterocycles. The molecule has 1 aromatic carbocycles. The Kier molecular flexibility index (Phi) is 10.0. The van der Waals surface area contributed by atoms with E-state index in [1.807, 2.05) is 6.92 Å². The third kappa shape index (κ3) is 7.39. The Labute approximate surface area is 204 Å². The number of benzene rings is 1. The predicted molar refractivity (Wildman–Crippen MR) is 133 cm³/mol. The lowest BCUT2D eigenvalue weighted by Gasteiger charge is -2.22. The van der Waals surface area contributed by atoms with Gasteiger partial charge in [0.15, 0.2) is 0 Å². The molecule has 0 bridgehead atoms. The smallest absolute Gasteiger partial charge is 0.325 e. The van der Waals surface area contributed by atoms with Crippen molar-refractivity contribution in [3.05, 3.63) is 65.3 Å². The van der Waals surface area contributed by atoms with Crippen LogP contribution in [-0.2, 0) is 9.59 Å². The normalized spacial score (nSPS) is 18.3. The highest BCUT2D eigenvalue weighted by atomic mass is 19.4. The van der Waals surface area contributed by atoms with Crippen molar-refractivity contribution >= 4 is 23.2 Å². The molecule has 0 fully saturated rings. The number of halogens is 3. The molecular weight excluding hydrogens is 457 g/mol. The molecule has 35 heavy (non-hydrogen) atoms. The highest BCUT2D eigenvalue weighted by Crippen LogP contribution is 2.29. The van der Waals surface area contributed by atoms with Crippen LogP contribution in [0.1, 0.15) is 52.0 Å². The summed E-state index contributed by atoms with van der Waals surface area (Å²) < 4.78 is 39.2. The van der Waals surface area contributed by atoms with Crippen LogP contribution in [0.5, 0.6) is 0 Å². The molecule has 3 N–H and O–H groups in total. The highest BCUT2D eigenvalue weighted by Gasteiger charge is 2.32. The molecule has 0 aliphatic carbocycles. The number of fused-ring (bicyclic) bond motifs is 1. The monoisotopic (exact) mass is 490 g/mol. The lowest BCUT2D eigenvalue weighted by Crippen LogP contribution is -2.51. The van der Waals surface area contributed by atoms with Gasteiger partial charge < -0.3 is 16.0 Å². The van der Waals surface area contributed by atoms with Gasteiger partial charge in [0.1, 0.15) is 0 Å². The quantitative estimate of drug-likeness (QED) is 0.385. The molecule has 1 aromatic rings. The van der Waals surface area contributed by atoms with Crippen LogP contribution < -0.4 is 16.0 Å². The van der Waals surface area contributed by atoms with Crippen LogP contribution in [0.15, 0.2) is 64.7 Å². The van der Waals surface area contributed by atoms with Crippen molar-refractivity contribution in [3.63, 3.8) is 0 Å². The lowest BCUT2D eigenvalue weighted by atomic mass is 9.99. The molecule has 2 amide bonds. The second-order valence-corrected chi connectivity index (χ2v) is 8.37. The molecule has 6 nitrogen and oxygen atoms in total. The van der Waals surface area contributed by atoms with Crippen LogP contribution in [0.4, 0.5) is 18.9 Å². The van der Waals surface area contributed by atoms with E-state index in [9.17, 15) is 22.8 Å². The first kappa shape index (κ1) is 28.0. The van der Waals surface area contributed by atoms with Crippen LogP contribution in [0.3, 0.4) is 0 Å². The predicted octanol–water partition coefficient (Wildman–Crippen LogP) is 4.81. The molecule has 2 atom stereocenters. The molecule has 1 aliphatic rings. The van der Waals surface area contributed by atoms with E-state index in [0.29, 0.717) is 23.2 Å². The minimum atomic E-state index is -4.47. The molecular formula is C26H33F3N4O2. The fourth-order valence-corrected chi connectivity index (χ4v) is 3.54. The van der Waals surface area contributed by atoms with Crippen molar-refractivity contribution in [1.82, 2.24) is 5.32 Å². The first-order chi connectivity index (χ1) is 16.5. The minimum absolute atomic E-state index is 0.285. The van der Waals surface area contributed by atoms with Crippen molar-refractivity contribution in [3.8, 4) is 0 Å². The maximum atomic E-state index is 13.2. The number of alkyl halides is 3. The van der Waals surface area contributed by atoms with Gasteiger partial charge in [-0.25, -0.2) is 4.99 Å². The first-order valence-electron chi connectivity index (χ1n) is 11.6. The number of amides is 2. The Bertz CT molecular complexity index is 1040. The molecule has 0 saturated carbocycles. The number of hydrogen-bond acceptors (Lipinski definition) is 4. The van der Waals surface area contributed by atoms with Gasteiger partial charge in [-0.15, -0.1) is 0 Å². The highest BCUT2D eigenvalue weighted by molar-refractivity contribution is 6.21. The number of carbonyl (C=O) groups is 2. The van der Waals surface area contributed by atoms with Crippen molar-refractivity contribution in [2.24, 2.45) is 10.7 Å². The lowest BCUT2D eigenvalue weighted by molar-refractivity contribution is -0.128. The zero-order valence-electron chi connectivity index (χ0n) is 20.5. The summed E-state index contributed by atoms with van der Waals surface area (Å²) in [5.41, 5.74) is 6.96. The maximum Gasteiger partial charge on any atom is 0.412 e. The summed E-state index contributed by atoms with van der Waals surface area (Å²) >= 11 is 0. The van der Waals surface area contributed by atoms with Gasteiger partial charge in [-0.1, -0.05) is 68.7 Å². The summed E-state index contributed by atoms with van der Waals surface area (Å²) in [5.74, 6) is -0.991. The van der Waals surface area contributed by atoms with Crippen LogP contribution >= 0.6 is 0 Å². The van der Waals surface area contributed by atoms with E-state index in [1.54, 1.807) is 50.4 Å². The number of para-hydroxylation sites is 1. The molecule has 190 valence electrons. The SMILES string of the molecule is C\C=C/C(=C\C=C(/C)C(F)(F)F)C1=NC(NC(=O)C(N)CCCCC)C(=O)N(C)c2ccccc21. The maximum absolute atomic E-state index is 13.2. The van der Waals surface area contributed by atoms with Gasteiger partial charge >= 0.3 is 6.18 Å². The Hall–Kier alpha value is -3.20. The number of nitrogens with two attached hydrogens (primary N) is 1. The van der Waals surface area contributed by atoms with E-state index < -0.39 is 35.8 Å². The van der Waals surface area contributed by atoms with E-state index in [-0.39, 0.29) is 5.71 Å². The average Bonchev–Trinajstić information content (AvgIpc) is 2.91. The first-order valence-corrected chi connectivity index (χ1v) is 11.6. The van der Waals surface area contributed by atoms with Gasteiger partial charge in [-0.3, -0.25) is 9.59 Å². The molecule has 9 heteroatoms. The van der Waals surface area contributed by atoms with E-state index in [1.165, 1.54) is 11.0 Å². The van der Waals surface area contributed by atoms with Crippen LogP contribution in [0.25, 0.3) is 0 Å². The Morgan fingerprint density at radius 2 is 1.94 bits per heavy atom. The molecule has 0 aromatic heterocycles. The van der Waals surface area contributed by atoms with E-state index in [0.717, 1.165) is 32.3 Å². The van der Waals surface area contributed by atoms with E-state index >= 15 is 0 Å². The third-order valence-electron chi connectivity index (χ3n) is 5.66. The second-order valence-electron chi connectivity index (χ2n) is 8.37. The van der Waals surface area contributed by atoms with Crippen LogP contribution in [-0.4, -0.2) is 43.0 Å². The Morgan fingerprint density at radius 1 is 1.26 bits per heavy atom. The number of benzodiazepines with no additional fused rings is 1. The van der Waals surface area contributed by atoms with Gasteiger partial charge in [0, 0.05) is 23.8 Å². The number of unbranched alkanes of at least 4 members (excludes halogenated alkanes) is 2. The number of rotatable bonds is 9. The minimum Gasteiger partial charge on any atom is -0.325 e. The number of aliphatic imine (C=N–C) groups is 1. The van der Waals surface area contributed by atoms with Gasteiger partial charge in [-0.2, -0.15) is 13.2 Å². The largest absolute Gasteiger partial charge is 0.412 e. The van der Waals surface area contributed by atoms with Crippen molar-refractivity contribution in [2.45, 2.75) is 64.8 Å². The molecule has 1 aliphatic heterocycles. The summed E-state index contributed by atoms with van der Waals surface area (Å²) in [4.78, 5) is 31.9. The average molecular weight is 491 g/mol. The fraction of sp³-hybridized carbons (Fsp3) is 0.423. The van der Waals surface area contributed by atoms with Crippen LogP contribution in [0, 0.1) is 0 Å². The number of nitrogens with zero attached hydrogens (tertiary/aromatic N) is 2. The Morgan fingerprint density at radius 3 is 2.57 bits per heavy atom. The summed E-state index contributed by atoms with van der Waals surface area (Å²) in [6, 6.07) is 6.14. The number of hydrogen-bond donors (Lipinski definition) is 2. The fourth-order valence-electron chi connectivity index (χ4n) is 3.54. The van der Waals surface area contributed by atoms with Crippen molar-refractivity contribution in [1.29, 1.82) is 0 Å². The Balaban J connectivity index is 2.56. The standard InChI is InChI=1S/C26H33F3N4O2/c1-5-7-8-13-20(30)24(34)32-23-25(35)33(4)21-14-10-9-12-19(21)22(31-23)18(11-6-2)16-15-17(3)26(27,28)29/h6,9-12,14-16,20,23H,5,7-8,13,30H2,1-4H3,(H,32,34)/b11-6-,17-15+,18-16+. The number of likely N-dealkylation sites (N-methyl/N-ethyl adjacent to an activating group) is 1. The van der Waals surface area contributed by atoms with Crippen LogP contribution in [0.2, 0.25) is 0 Å². The van der Waals surface area contributed by atoms with Crippen molar-refractivity contribution in [2.75, 3.05) is 11.9 Å². The molecule has 0 radical (unpaired) electrons. The number of allylic oxidation sites excluding steroid dienone is 6.